The van der Waals surface area contributed by atoms with E-state index < -0.39 is 47.6 Å². The molecule has 44 heavy (non-hydrogen) atoms. The molecule has 1 saturated heterocycles. The van der Waals surface area contributed by atoms with Gasteiger partial charge in [-0.2, -0.15) is 5.26 Å². The van der Waals surface area contributed by atoms with E-state index >= 15 is 0 Å². The maximum absolute atomic E-state index is 13.6. The molecule has 2 aromatic carbocycles. The molecule has 0 aliphatic carbocycles. The number of carbonyl (C=O) groups is 4. The second kappa shape index (κ2) is 14.4. The van der Waals surface area contributed by atoms with E-state index in [1.165, 1.54) is 20.8 Å². The summed E-state index contributed by atoms with van der Waals surface area (Å²) in [5.74, 6) is -2.53. The molecule has 0 bridgehead atoms. The summed E-state index contributed by atoms with van der Waals surface area (Å²) in [5, 5.41) is 13.9. The van der Waals surface area contributed by atoms with E-state index in [-0.39, 0.29) is 22.8 Å². The van der Waals surface area contributed by atoms with Gasteiger partial charge in [-0.05, 0) is 36.8 Å². The molecule has 1 aliphatic heterocycles. The number of benzene rings is 2. The van der Waals surface area contributed by atoms with Crippen LogP contribution in [0.1, 0.15) is 42.4 Å². The van der Waals surface area contributed by atoms with Gasteiger partial charge in [0.2, 0.25) is 0 Å². The van der Waals surface area contributed by atoms with E-state index in [1.54, 1.807) is 55.5 Å². The maximum Gasteiger partial charge on any atom is 0.303 e. The number of nitrogens with one attached hydrogen (secondary N) is 1. The van der Waals surface area contributed by atoms with Crippen LogP contribution in [0.25, 0.3) is 11.1 Å². The van der Waals surface area contributed by atoms with E-state index in [9.17, 15) is 24.4 Å². The first-order valence-electron chi connectivity index (χ1n) is 13.4. The lowest BCUT2D eigenvalue weighted by Gasteiger charge is -2.40. The van der Waals surface area contributed by atoms with Crippen molar-refractivity contribution in [1.82, 2.24) is 4.98 Å². The first-order chi connectivity index (χ1) is 21.0. The largest absolute Gasteiger partial charge is 0.456 e. The van der Waals surface area contributed by atoms with Crippen molar-refractivity contribution in [1.29, 1.82) is 5.26 Å². The number of para-hydroxylation sites is 1. The van der Waals surface area contributed by atoms with Crippen LogP contribution in [0.2, 0.25) is 5.02 Å². The third-order valence-electron chi connectivity index (χ3n) is 6.38. The number of thioether (sulfide) groups is 1. The molecule has 4 atom stereocenters. The number of ether oxygens (including phenoxy) is 4. The zero-order valence-corrected chi connectivity index (χ0v) is 25.7. The number of aromatic nitrogens is 1. The number of rotatable bonds is 8. The Kier molecular flexibility index (Phi) is 10.6. The van der Waals surface area contributed by atoms with Gasteiger partial charge in [0.15, 0.2) is 18.3 Å². The number of nitrogens with zero attached hydrogens (tertiary/aromatic N) is 2. The van der Waals surface area contributed by atoms with Crippen molar-refractivity contribution in [3.05, 3.63) is 76.4 Å². The van der Waals surface area contributed by atoms with Gasteiger partial charge >= 0.3 is 17.9 Å². The van der Waals surface area contributed by atoms with Crippen molar-refractivity contribution in [2.75, 3.05) is 11.9 Å². The number of aryl methyl sites for hydroxylation is 1. The molecular weight excluding hydrogens is 610 g/mol. The summed E-state index contributed by atoms with van der Waals surface area (Å²) in [7, 11) is 0. The Hall–Kier alpha value is -4.44. The quantitative estimate of drug-likeness (QED) is 0.260. The SMILES string of the molecule is CC(=O)O[C@@H]1[C@@H](OC(C)=O)[C@H](Sc2nc(C)c(C(=O)Nc3ccccc3)c(-c3ccc(Cl)cc3)c2C#N)OC[C@H]1OC(C)=O. The van der Waals surface area contributed by atoms with E-state index in [2.05, 4.69) is 16.4 Å². The fraction of sp³-hybridized carbons (Fsp3) is 0.290. The molecule has 228 valence electrons. The molecule has 0 radical (unpaired) electrons. The molecule has 13 heteroatoms. The highest BCUT2D eigenvalue weighted by Crippen LogP contribution is 2.40. The van der Waals surface area contributed by atoms with Crippen LogP contribution in [0.3, 0.4) is 0 Å². The molecule has 1 amide bonds. The minimum atomic E-state index is -1.24. The zero-order valence-electron chi connectivity index (χ0n) is 24.2. The summed E-state index contributed by atoms with van der Waals surface area (Å²) >= 11 is 7.08. The number of pyridine rings is 1. The molecular formula is C31H28ClN3O8S. The van der Waals surface area contributed by atoms with Crippen molar-refractivity contribution >= 4 is 52.9 Å². The Morgan fingerprint density at radius 3 is 2.16 bits per heavy atom. The summed E-state index contributed by atoms with van der Waals surface area (Å²) < 4.78 is 22.2. The van der Waals surface area contributed by atoms with Gasteiger partial charge in [-0.15, -0.1) is 0 Å². The number of halogens is 1. The second-order valence-electron chi connectivity index (χ2n) is 9.68. The summed E-state index contributed by atoms with van der Waals surface area (Å²) in [6, 6.07) is 17.7. The Morgan fingerprint density at radius 2 is 1.57 bits per heavy atom. The zero-order chi connectivity index (χ0) is 32.0. The van der Waals surface area contributed by atoms with E-state index in [0.29, 0.717) is 27.5 Å². The molecule has 2 heterocycles. The number of amides is 1. The topological polar surface area (TPSA) is 154 Å². The van der Waals surface area contributed by atoms with Crippen molar-refractivity contribution < 1.29 is 38.1 Å². The van der Waals surface area contributed by atoms with Crippen molar-refractivity contribution in [2.24, 2.45) is 0 Å². The van der Waals surface area contributed by atoms with Gasteiger partial charge in [0.25, 0.3) is 5.91 Å². The van der Waals surface area contributed by atoms with Crippen molar-refractivity contribution in [3.63, 3.8) is 0 Å². The summed E-state index contributed by atoms with van der Waals surface area (Å²) in [4.78, 5) is 54.1. The van der Waals surface area contributed by atoms with Crippen LogP contribution < -0.4 is 5.32 Å². The Balaban J connectivity index is 1.82. The third-order valence-corrected chi connectivity index (χ3v) is 7.79. The Labute approximate surface area is 262 Å². The molecule has 4 rings (SSSR count). The first kappa shape index (κ1) is 32.5. The highest BCUT2D eigenvalue weighted by Gasteiger charge is 2.47. The van der Waals surface area contributed by atoms with Crippen LogP contribution in [-0.2, 0) is 33.3 Å². The van der Waals surface area contributed by atoms with Gasteiger partial charge in [0.05, 0.1) is 23.4 Å². The average Bonchev–Trinajstić information content (AvgIpc) is 2.96. The molecule has 3 aromatic rings. The number of anilines is 1. The number of nitriles is 1. The Bertz CT molecular complexity index is 1610. The average molecular weight is 638 g/mol. The van der Waals surface area contributed by atoms with Gasteiger partial charge in [0, 0.05) is 37.0 Å². The number of hydrogen-bond acceptors (Lipinski definition) is 11. The minimum absolute atomic E-state index is 0.0532. The van der Waals surface area contributed by atoms with Gasteiger partial charge < -0.3 is 24.3 Å². The molecule has 0 saturated carbocycles. The highest BCUT2D eigenvalue weighted by atomic mass is 35.5. The fourth-order valence-electron chi connectivity index (χ4n) is 4.68. The molecule has 0 spiro atoms. The Morgan fingerprint density at radius 1 is 0.955 bits per heavy atom. The van der Waals surface area contributed by atoms with Gasteiger partial charge in [-0.1, -0.05) is 53.7 Å². The lowest BCUT2D eigenvalue weighted by atomic mass is 9.94. The van der Waals surface area contributed by atoms with Crippen LogP contribution in [0.15, 0.2) is 59.6 Å². The standard InChI is InChI=1S/C31H28ClN3O8S/c1-16-25(29(39)35-22-8-6-5-7-9-22)26(20-10-12-21(32)13-11-20)23(14-33)30(34-16)44-31-28(43-19(4)38)27(42-18(3)37)24(15-40-31)41-17(2)36/h5-13,24,27-28,31H,15H2,1-4H3,(H,35,39)/t24-,27+,28-,31+/m1/s1. The van der Waals surface area contributed by atoms with E-state index in [4.69, 9.17) is 30.5 Å². The summed E-state index contributed by atoms with van der Waals surface area (Å²) in [6.45, 7) is 4.96. The van der Waals surface area contributed by atoms with Crippen LogP contribution >= 0.6 is 23.4 Å². The van der Waals surface area contributed by atoms with Crippen molar-refractivity contribution in [3.8, 4) is 17.2 Å². The monoisotopic (exact) mass is 637 g/mol. The molecule has 1 fully saturated rings. The van der Waals surface area contributed by atoms with Gasteiger partial charge in [0.1, 0.15) is 16.5 Å². The first-order valence-corrected chi connectivity index (χ1v) is 14.6. The fourth-order valence-corrected chi connectivity index (χ4v) is 5.98. The predicted octanol–water partition coefficient (Wildman–Crippen LogP) is 5.08. The lowest BCUT2D eigenvalue weighted by Crippen LogP contribution is -2.56. The van der Waals surface area contributed by atoms with Gasteiger partial charge in [-0.3, -0.25) is 19.2 Å². The number of hydrogen-bond donors (Lipinski definition) is 1. The van der Waals surface area contributed by atoms with E-state index in [0.717, 1.165) is 11.8 Å². The third kappa shape index (κ3) is 7.74. The summed E-state index contributed by atoms with van der Waals surface area (Å²) in [6.07, 6.45) is -3.51. The smallest absolute Gasteiger partial charge is 0.303 e. The molecule has 1 aromatic heterocycles. The summed E-state index contributed by atoms with van der Waals surface area (Å²) in [5.41, 5.74) is 0.875. The van der Waals surface area contributed by atoms with Crippen LogP contribution in [0, 0.1) is 18.3 Å². The second-order valence-corrected chi connectivity index (χ2v) is 11.2. The number of carbonyl (C=O) groups excluding carboxylic acids is 4. The maximum atomic E-state index is 13.6. The lowest BCUT2D eigenvalue weighted by molar-refractivity contribution is -0.213. The van der Waals surface area contributed by atoms with Crippen LogP contribution in [0.5, 0.6) is 0 Å². The molecule has 11 nitrogen and oxygen atoms in total. The molecule has 1 aliphatic rings. The number of esters is 3. The normalized spacial score (nSPS) is 19.3. The molecule has 1 N–H and O–H groups in total. The van der Waals surface area contributed by atoms with Gasteiger partial charge in [-0.25, -0.2) is 4.98 Å². The van der Waals surface area contributed by atoms with E-state index in [1.807, 2.05) is 6.07 Å². The highest BCUT2D eigenvalue weighted by molar-refractivity contribution is 7.99. The van der Waals surface area contributed by atoms with Crippen molar-refractivity contribution in [2.45, 2.75) is 56.5 Å². The minimum Gasteiger partial charge on any atom is -0.456 e. The van der Waals surface area contributed by atoms with Crippen LogP contribution in [-0.4, -0.2) is 59.2 Å². The predicted molar refractivity (Wildman–Crippen MR) is 161 cm³/mol. The van der Waals surface area contributed by atoms with Crippen LogP contribution in [0.4, 0.5) is 5.69 Å². The molecule has 0 unspecified atom stereocenters.